The van der Waals surface area contributed by atoms with Crippen LogP contribution in [-0.4, -0.2) is 55.1 Å². The van der Waals surface area contributed by atoms with Crippen LogP contribution in [0.4, 0.5) is 11.6 Å². The predicted molar refractivity (Wildman–Crippen MR) is 115 cm³/mol. The summed E-state index contributed by atoms with van der Waals surface area (Å²) in [6.45, 7) is 3.54. The lowest BCUT2D eigenvalue weighted by atomic mass is 10.1. The first kappa shape index (κ1) is 22.5. The van der Waals surface area contributed by atoms with Gasteiger partial charge in [-0.25, -0.2) is 20.6 Å². The number of hydrogen-bond acceptors (Lipinski definition) is 10. The van der Waals surface area contributed by atoms with Crippen molar-refractivity contribution in [1.29, 1.82) is 10.5 Å². The summed E-state index contributed by atoms with van der Waals surface area (Å²) in [5.74, 6) is 5.42. The highest BCUT2D eigenvalue weighted by Gasteiger charge is 2.24. The minimum absolute atomic E-state index is 0.348. The number of carbonyl (C=O) groups is 2. The molecule has 0 aliphatic carbocycles. The number of nitrogens with two attached hydrogens (primary N) is 1. The smallest absolute Gasteiger partial charge is 0.341 e. The Morgan fingerprint density at radius 3 is 1.81 bits per heavy atom. The number of hydrogen-bond donors (Lipinski definition) is 2. The summed E-state index contributed by atoms with van der Waals surface area (Å²) in [6.07, 6.45) is 5.12. The molecule has 2 aromatic rings. The van der Waals surface area contributed by atoms with Gasteiger partial charge in [0.05, 0.1) is 23.8 Å². The second kappa shape index (κ2) is 10.2. The molecular weight excluding hydrogens is 412 g/mol. The number of esters is 1. The maximum atomic E-state index is 11.5. The van der Waals surface area contributed by atoms with E-state index < -0.39 is 11.9 Å². The van der Waals surface area contributed by atoms with E-state index in [0.29, 0.717) is 33.9 Å². The molecule has 2 saturated heterocycles. The summed E-state index contributed by atoms with van der Waals surface area (Å²) in [6, 6.07) is 6.93. The summed E-state index contributed by atoms with van der Waals surface area (Å²) in [5.41, 5.74) is 3.49. The Labute approximate surface area is 185 Å². The Kier molecular flexibility index (Phi) is 7.16. The van der Waals surface area contributed by atoms with E-state index in [2.05, 4.69) is 20.1 Å². The van der Waals surface area contributed by atoms with Crippen molar-refractivity contribution in [1.82, 2.24) is 15.4 Å². The van der Waals surface area contributed by atoms with Gasteiger partial charge in [0.25, 0.3) is 5.91 Å². The van der Waals surface area contributed by atoms with Crippen LogP contribution < -0.4 is 21.1 Å². The van der Waals surface area contributed by atoms with Gasteiger partial charge in [-0.15, -0.1) is 0 Å². The van der Waals surface area contributed by atoms with Crippen LogP contribution >= 0.6 is 0 Å². The molecule has 32 heavy (non-hydrogen) atoms. The number of nitriles is 2. The van der Waals surface area contributed by atoms with Crippen LogP contribution in [0.5, 0.6) is 0 Å². The third-order valence-corrected chi connectivity index (χ3v) is 5.08. The average molecular weight is 434 g/mol. The third-order valence-electron chi connectivity index (χ3n) is 5.08. The number of methoxy groups -OCH3 is 1. The van der Waals surface area contributed by atoms with Gasteiger partial charge >= 0.3 is 5.97 Å². The number of pyridine rings is 2. The maximum Gasteiger partial charge on any atom is 0.341 e. The molecule has 0 bridgehead atoms. The number of carbonyl (C=O) groups excluding carboxylic acids is 2. The van der Waals surface area contributed by atoms with Crippen molar-refractivity contribution in [2.24, 2.45) is 5.84 Å². The van der Waals surface area contributed by atoms with E-state index in [4.69, 9.17) is 16.4 Å². The number of ether oxygens (including phenoxy) is 1. The molecule has 2 aliphatic heterocycles. The van der Waals surface area contributed by atoms with E-state index in [1.165, 1.54) is 31.6 Å². The Morgan fingerprint density at radius 2 is 1.44 bits per heavy atom. The van der Waals surface area contributed by atoms with Gasteiger partial charge in [0, 0.05) is 38.6 Å². The Balaban J connectivity index is 0.000000181. The van der Waals surface area contributed by atoms with E-state index in [9.17, 15) is 9.59 Å². The maximum absolute atomic E-state index is 11.5. The summed E-state index contributed by atoms with van der Waals surface area (Å²) in [5, 5.41) is 17.5. The van der Waals surface area contributed by atoms with Crippen molar-refractivity contribution < 1.29 is 14.3 Å². The Bertz CT molecular complexity index is 1010. The van der Waals surface area contributed by atoms with E-state index in [-0.39, 0.29) is 0 Å². The zero-order valence-corrected chi connectivity index (χ0v) is 17.5. The van der Waals surface area contributed by atoms with Gasteiger partial charge in [0.1, 0.15) is 29.3 Å². The monoisotopic (exact) mass is 434 g/mol. The van der Waals surface area contributed by atoms with Crippen LogP contribution in [0.1, 0.15) is 44.7 Å². The molecule has 11 heteroatoms. The molecule has 0 aromatic carbocycles. The van der Waals surface area contributed by atoms with Gasteiger partial charge in [-0.3, -0.25) is 10.2 Å². The molecule has 3 N–H and O–H groups in total. The third kappa shape index (κ3) is 4.74. The average Bonchev–Trinajstić information content (AvgIpc) is 2.76. The molecule has 11 nitrogen and oxygen atoms in total. The Hall–Kier alpha value is -4.22. The molecule has 0 saturated carbocycles. The van der Waals surface area contributed by atoms with Crippen LogP contribution in [-0.2, 0) is 4.74 Å². The molecule has 0 spiro atoms. The molecule has 2 aliphatic rings. The lowest BCUT2D eigenvalue weighted by Gasteiger charge is -2.33. The first-order valence-corrected chi connectivity index (χ1v) is 9.91. The minimum atomic E-state index is -0.452. The second-order valence-corrected chi connectivity index (χ2v) is 7.06. The first-order chi connectivity index (χ1) is 15.5. The number of amides is 1. The molecule has 4 heterocycles. The van der Waals surface area contributed by atoms with Gasteiger partial charge in [0.2, 0.25) is 0 Å². The van der Waals surface area contributed by atoms with Crippen molar-refractivity contribution in [2.75, 3.05) is 43.1 Å². The lowest BCUT2D eigenvalue weighted by molar-refractivity contribution is 0.0600. The minimum Gasteiger partial charge on any atom is -0.465 e. The highest BCUT2D eigenvalue weighted by Crippen LogP contribution is 2.24. The number of anilines is 2. The van der Waals surface area contributed by atoms with Crippen molar-refractivity contribution in [2.45, 2.75) is 12.8 Å². The fraction of sp³-hybridized carbons (Fsp3) is 0.333. The van der Waals surface area contributed by atoms with Crippen LogP contribution in [0.15, 0.2) is 24.5 Å². The summed E-state index contributed by atoms with van der Waals surface area (Å²) in [4.78, 5) is 35.3. The zero-order valence-electron chi connectivity index (χ0n) is 17.5. The molecule has 1 amide bonds. The van der Waals surface area contributed by atoms with Gasteiger partial charge in [0.15, 0.2) is 0 Å². The van der Waals surface area contributed by atoms with Crippen molar-refractivity contribution in [3.8, 4) is 12.1 Å². The van der Waals surface area contributed by atoms with Crippen LogP contribution in [0.25, 0.3) is 0 Å². The number of aromatic nitrogens is 2. The van der Waals surface area contributed by atoms with E-state index >= 15 is 0 Å². The largest absolute Gasteiger partial charge is 0.465 e. The number of nitrogens with one attached hydrogen (secondary N) is 1. The lowest BCUT2D eigenvalue weighted by Crippen LogP contribution is -2.40. The zero-order chi connectivity index (χ0) is 23.1. The van der Waals surface area contributed by atoms with E-state index in [1.54, 1.807) is 0 Å². The van der Waals surface area contributed by atoms with E-state index in [1.807, 2.05) is 21.9 Å². The van der Waals surface area contributed by atoms with Gasteiger partial charge in [-0.2, -0.15) is 10.5 Å². The van der Waals surface area contributed by atoms with E-state index in [0.717, 1.165) is 39.0 Å². The predicted octanol–water partition coefficient (Wildman–Crippen LogP) is 0.717. The molecule has 2 aromatic heterocycles. The SMILES string of the molecule is COC(=O)c1cc(C#N)cnc1N1CCC1.N#Cc1cnc(N2CCC2)c(C(=O)NN)c1. The Morgan fingerprint density at radius 1 is 0.969 bits per heavy atom. The van der Waals surface area contributed by atoms with Crippen molar-refractivity contribution in [3.05, 3.63) is 46.8 Å². The molecule has 164 valence electrons. The molecule has 0 unspecified atom stereocenters. The number of hydrazine groups is 1. The summed E-state index contributed by atoms with van der Waals surface area (Å²) >= 11 is 0. The topological polar surface area (TPSA) is 161 Å². The number of rotatable bonds is 4. The van der Waals surface area contributed by atoms with Crippen molar-refractivity contribution in [3.63, 3.8) is 0 Å². The molecule has 2 fully saturated rings. The fourth-order valence-electron chi connectivity index (χ4n) is 3.10. The van der Waals surface area contributed by atoms with Crippen LogP contribution in [0, 0.1) is 22.7 Å². The molecule has 0 atom stereocenters. The molecule has 0 radical (unpaired) electrons. The summed E-state index contributed by atoms with van der Waals surface area (Å²) < 4.78 is 4.68. The fourth-order valence-corrected chi connectivity index (χ4v) is 3.10. The van der Waals surface area contributed by atoms with Gasteiger partial charge in [-0.05, 0) is 25.0 Å². The highest BCUT2D eigenvalue weighted by molar-refractivity contribution is 5.99. The number of nitrogen functional groups attached to an aromatic ring is 1. The summed E-state index contributed by atoms with van der Waals surface area (Å²) in [7, 11) is 1.32. The van der Waals surface area contributed by atoms with Gasteiger partial charge < -0.3 is 14.5 Å². The number of nitrogens with zero attached hydrogens (tertiary/aromatic N) is 6. The molecular formula is C21H22N8O3. The second-order valence-electron chi connectivity index (χ2n) is 7.06. The highest BCUT2D eigenvalue weighted by atomic mass is 16.5. The van der Waals surface area contributed by atoms with Crippen LogP contribution in [0.2, 0.25) is 0 Å². The van der Waals surface area contributed by atoms with Crippen molar-refractivity contribution >= 4 is 23.5 Å². The standard InChI is InChI=1S/C11H11N3O2.C10H11N5O/c1-16-11(15)9-5-8(6-12)7-13-10(9)14-3-2-4-14;11-5-7-4-8(10(16)14-12)9(13-6-7)15-2-1-3-15/h5,7H,2-4H2,1H3;4,6H,1-3,12H2,(H,14,16). The normalized spacial score (nSPS) is 13.9. The molecule has 4 rings (SSSR count). The quantitative estimate of drug-likeness (QED) is 0.303. The van der Waals surface area contributed by atoms with Gasteiger partial charge in [-0.1, -0.05) is 0 Å². The van der Waals surface area contributed by atoms with Crippen LogP contribution in [0.3, 0.4) is 0 Å². The first-order valence-electron chi connectivity index (χ1n) is 9.91.